The van der Waals surface area contributed by atoms with Gasteiger partial charge >= 0.3 is 0 Å². The molecule has 0 bridgehead atoms. The Balaban J connectivity index is 0.00000112. The van der Waals surface area contributed by atoms with Crippen molar-refractivity contribution in [2.45, 2.75) is 25.7 Å². The number of piperidine rings is 1. The first kappa shape index (κ1) is 12.2. The molecule has 0 radical (unpaired) electrons. The van der Waals surface area contributed by atoms with E-state index < -0.39 is 0 Å². The molecule has 1 atom stereocenters. The van der Waals surface area contributed by atoms with Crippen molar-refractivity contribution >= 4 is 12.4 Å². The first-order chi connectivity index (χ1) is 6.75. The van der Waals surface area contributed by atoms with Gasteiger partial charge in [-0.1, -0.05) is 0 Å². The predicted molar refractivity (Wildman–Crippen MR) is 61.7 cm³/mol. The van der Waals surface area contributed by atoms with E-state index in [9.17, 15) is 4.79 Å². The summed E-state index contributed by atoms with van der Waals surface area (Å²) in [4.78, 5) is 18.4. The number of rotatable bonds is 1. The second-order valence-electron chi connectivity index (χ2n) is 3.82. The zero-order valence-electron chi connectivity index (χ0n) is 8.75. The lowest BCUT2D eigenvalue weighted by molar-refractivity contribution is 0.445. The molecule has 0 amide bonds. The third-order valence-corrected chi connectivity index (χ3v) is 2.57. The molecular formula is C10H16ClN3O. The van der Waals surface area contributed by atoms with Crippen molar-refractivity contribution in [3.05, 3.63) is 27.9 Å². The Hall–Kier alpha value is -0.870. The highest BCUT2D eigenvalue weighted by atomic mass is 35.5. The molecule has 0 spiro atoms. The van der Waals surface area contributed by atoms with Gasteiger partial charge in [0.15, 0.2) is 0 Å². The smallest absolute Gasteiger partial charge is 0.251 e. The summed E-state index contributed by atoms with van der Waals surface area (Å²) < 4.78 is 0. The van der Waals surface area contributed by atoms with E-state index in [2.05, 4.69) is 15.3 Å². The van der Waals surface area contributed by atoms with Crippen LogP contribution >= 0.6 is 12.4 Å². The summed E-state index contributed by atoms with van der Waals surface area (Å²) in [7, 11) is 0. The van der Waals surface area contributed by atoms with Gasteiger partial charge in [0, 0.05) is 24.2 Å². The minimum absolute atomic E-state index is 0. The summed E-state index contributed by atoms with van der Waals surface area (Å²) in [6.07, 6.45) is 2.27. The Kier molecular flexibility index (Phi) is 4.29. The molecule has 1 saturated heterocycles. The van der Waals surface area contributed by atoms with Crippen LogP contribution in [-0.4, -0.2) is 23.1 Å². The van der Waals surface area contributed by atoms with Gasteiger partial charge in [-0.15, -0.1) is 12.4 Å². The van der Waals surface area contributed by atoms with Crippen LogP contribution in [0.1, 0.15) is 30.3 Å². The number of nitrogens with one attached hydrogen (secondary N) is 2. The van der Waals surface area contributed by atoms with Crippen molar-refractivity contribution in [1.82, 2.24) is 15.3 Å². The highest BCUT2D eigenvalue weighted by Crippen LogP contribution is 2.18. The molecule has 2 N–H and O–H groups in total. The SMILES string of the molecule is Cc1cc(=O)[nH]c(C2CCCNC2)n1.Cl. The van der Waals surface area contributed by atoms with Crippen LogP contribution in [-0.2, 0) is 0 Å². The normalized spacial score (nSPS) is 20.7. The molecule has 2 heterocycles. The summed E-state index contributed by atoms with van der Waals surface area (Å²) in [6, 6.07) is 1.53. The number of nitrogens with zero attached hydrogens (tertiary/aromatic N) is 1. The number of H-pyrrole nitrogens is 1. The van der Waals surface area contributed by atoms with Crippen LogP contribution in [0.3, 0.4) is 0 Å². The molecular weight excluding hydrogens is 214 g/mol. The van der Waals surface area contributed by atoms with E-state index in [1.807, 2.05) is 6.92 Å². The Bertz CT molecular complexity index is 371. The van der Waals surface area contributed by atoms with Crippen molar-refractivity contribution in [1.29, 1.82) is 0 Å². The van der Waals surface area contributed by atoms with Gasteiger partial charge in [-0.3, -0.25) is 4.79 Å². The summed E-state index contributed by atoms with van der Waals surface area (Å²) in [5.41, 5.74) is 0.757. The minimum Gasteiger partial charge on any atom is -0.316 e. The summed E-state index contributed by atoms with van der Waals surface area (Å²) in [5, 5.41) is 3.31. The van der Waals surface area contributed by atoms with Crippen LogP contribution in [0.5, 0.6) is 0 Å². The van der Waals surface area contributed by atoms with Gasteiger partial charge in [-0.2, -0.15) is 0 Å². The van der Waals surface area contributed by atoms with Gasteiger partial charge < -0.3 is 10.3 Å². The average molecular weight is 230 g/mol. The van der Waals surface area contributed by atoms with Crippen LogP contribution in [0.15, 0.2) is 10.9 Å². The standard InChI is InChI=1S/C10H15N3O.ClH/c1-7-5-9(14)13-10(12-7)8-3-2-4-11-6-8;/h5,8,11H,2-4,6H2,1H3,(H,12,13,14);1H. The van der Waals surface area contributed by atoms with Crippen molar-refractivity contribution < 1.29 is 0 Å². The first-order valence-corrected chi connectivity index (χ1v) is 5.04. The number of aromatic nitrogens is 2. The lowest BCUT2D eigenvalue weighted by atomic mass is 9.99. The third kappa shape index (κ3) is 3.04. The maximum absolute atomic E-state index is 11.2. The minimum atomic E-state index is -0.0435. The van der Waals surface area contributed by atoms with Gasteiger partial charge in [0.1, 0.15) is 5.82 Å². The number of hydrogen-bond donors (Lipinski definition) is 2. The summed E-state index contributed by atoms with van der Waals surface area (Å²) in [6.45, 7) is 3.86. The number of hydrogen-bond acceptors (Lipinski definition) is 3. The summed E-state index contributed by atoms with van der Waals surface area (Å²) in [5.74, 6) is 1.21. The molecule has 1 aliphatic rings. The maximum Gasteiger partial charge on any atom is 0.251 e. The monoisotopic (exact) mass is 229 g/mol. The van der Waals surface area contributed by atoms with Gasteiger partial charge in [0.05, 0.1) is 0 Å². The van der Waals surface area contributed by atoms with Crippen molar-refractivity contribution in [3.63, 3.8) is 0 Å². The molecule has 1 unspecified atom stereocenters. The molecule has 2 rings (SSSR count). The highest BCUT2D eigenvalue weighted by molar-refractivity contribution is 5.85. The molecule has 0 aliphatic carbocycles. The molecule has 84 valence electrons. The van der Waals surface area contributed by atoms with Crippen LogP contribution in [0, 0.1) is 6.92 Å². The first-order valence-electron chi connectivity index (χ1n) is 5.04. The van der Waals surface area contributed by atoms with E-state index in [-0.39, 0.29) is 18.0 Å². The predicted octanol–water partition coefficient (Wildman–Crippen LogP) is 0.967. The van der Waals surface area contributed by atoms with E-state index >= 15 is 0 Å². The molecule has 0 saturated carbocycles. The van der Waals surface area contributed by atoms with Crippen LogP contribution in [0.4, 0.5) is 0 Å². The van der Waals surface area contributed by atoms with E-state index in [0.29, 0.717) is 5.92 Å². The molecule has 0 aromatic carbocycles. The lowest BCUT2D eigenvalue weighted by Crippen LogP contribution is -2.30. The molecule has 15 heavy (non-hydrogen) atoms. The van der Waals surface area contributed by atoms with Crippen molar-refractivity contribution in [2.24, 2.45) is 0 Å². The summed E-state index contributed by atoms with van der Waals surface area (Å²) >= 11 is 0. The Labute approximate surface area is 94.9 Å². The second-order valence-corrected chi connectivity index (χ2v) is 3.82. The quantitative estimate of drug-likeness (QED) is 0.755. The van der Waals surface area contributed by atoms with Crippen molar-refractivity contribution in [3.8, 4) is 0 Å². The number of halogens is 1. The van der Waals surface area contributed by atoms with Crippen molar-refractivity contribution in [2.75, 3.05) is 13.1 Å². The zero-order valence-corrected chi connectivity index (χ0v) is 9.56. The second kappa shape index (κ2) is 5.28. The molecule has 1 aromatic heterocycles. The van der Waals surface area contributed by atoms with Gasteiger partial charge in [-0.25, -0.2) is 4.98 Å². The third-order valence-electron chi connectivity index (χ3n) is 2.57. The molecule has 4 nitrogen and oxygen atoms in total. The fraction of sp³-hybridized carbons (Fsp3) is 0.600. The largest absolute Gasteiger partial charge is 0.316 e. The van der Waals surface area contributed by atoms with E-state index in [4.69, 9.17) is 0 Å². The van der Waals surface area contributed by atoms with Gasteiger partial charge in [-0.05, 0) is 26.3 Å². The Morgan fingerprint density at radius 1 is 1.53 bits per heavy atom. The van der Waals surface area contributed by atoms with Crippen LogP contribution in [0.25, 0.3) is 0 Å². The molecule has 5 heteroatoms. The van der Waals surface area contributed by atoms with E-state index in [1.54, 1.807) is 0 Å². The molecule has 1 fully saturated rings. The van der Waals surface area contributed by atoms with E-state index in [0.717, 1.165) is 37.4 Å². The van der Waals surface area contributed by atoms with Crippen LogP contribution in [0.2, 0.25) is 0 Å². The topological polar surface area (TPSA) is 57.8 Å². The lowest BCUT2D eigenvalue weighted by Gasteiger charge is -2.21. The average Bonchev–Trinajstić information content (AvgIpc) is 2.18. The molecule has 1 aromatic rings. The molecule has 1 aliphatic heterocycles. The Morgan fingerprint density at radius 2 is 2.33 bits per heavy atom. The van der Waals surface area contributed by atoms with Crippen LogP contribution < -0.4 is 10.9 Å². The zero-order chi connectivity index (χ0) is 9.97. The van der Waals surface area contributed by atoms with Gasteiger partial charge in [0.25, 0.3) is 5.56 Å². The Morgan fingerprint density at radius 3 is 2.93 bits per heavy atom. The van der Waals surface area contributed by atoms with E-state index in [1.165, 1.54) is 6.07 Å². The maximum atomic E-state index is 11.2. The number of aryl methyl sites for hydroxylation is 1. The number of aromatic amines is 1. The fourth-order valence-corrected chi connectivity index (χ4v) is 1.88. The van der Waals surface area contributed by atoms with Gasteiger partial charge in [0.2, 0.25) is 0 Å². The fourth-order valence-electron chi connectivity index (χ4n) is 1.88. The highest BCUT2D eigenvalue weighted by Gasteiger charge is 2.17.